The van der Waals surface area contributed by atoms with Crippen LogP contribution >= 0.6 is 0 Å². The van der Waals surface area contributed by atoms with Crippen LogP contribution in [0.1, 0.15) is 35.7 Å². The summed E-state index contributed by atoms with van der Waals surface area (Å²) in [5.74, 6) is 0.857. The lowest BCUT2D eigenvalue weighted by Crippen LogP contribution is -2.36. The molecule has 4 heteroatoms. The zero-order valence-electron chi connectivity index (χ0n) is 11.9. The third kappa shape index (κ3) is 3.27. The van der Waals surface area contributed by atoms with Crippen molar-refractivity contribution in [3.8, 4) is 0 Å². The summed E-state index contributed by atoms with van der Waals surface area (Å²) < 4.78 is 5.45. The first kappa shape index (κ1) is 14.3. The molecule has 2 aromatic rings. The van der Waals surface area contributed by atoms with Crippen LogP contribution in [0.4, 0.5) is 0 Å². The molecular formula is C16H20N2O2. The molecule has 0 unspecified atom stereocenters. The highest BCUT2D eigenvalue weighted by molar-refractivity contribution is 5.91. The molecule has 2 rings (SSSR count). The van der Waals surface area contributed by atoms with Crippen LogP contribution < -0.4 is 5.73 Å². The van der Waals surface area contributed by atoms with Crippen molar-refractivity contribution in [1.82, 2.24) is 4.90 Å². The fraction of sp³-hybridized carbons (Fsp3) is 0.312. The molecule has 1 amide bonds. The van der Waals surface area contributed by atoms with E-state index in [4.69, 9.17) is 10.2 Å². The third-order valence-corrected chi connectivity index (χ3v) is 3.15. The lowest BCUT2D eigenvalue weighted by molar-refractivity contribution is 0.0655. The van der Waals surface area contributed by atoms with Crippen molar-refractivity contribution in [3.05, 3.63) is 59.5 Å². The lowest BCUT2D eigenvalue weighted by Gasteiger charge is -2.26. The van der Waals surface area contributed by atoms with Crippen LogP contribution in [-0.4, -0.2) is 16.8 Å². The van der Waals surface area contributed by atoms with E-state index in [0.717, 1.165) is 5.56 Å². The highest BCUT2D eigenvalue weighted by Gasteiger charge is 2.21. The summed E-state index contributed by atoms with van der Waals surface area (Å²) in [4.78, 5) is 14.3. The van der Waals surface area contributed by atoms with Crippen molar-refractivity contribution in [2.24, 2.45) is 5.73 Å². The monoisotopic (exact) mass is 272 g/mol. The minimum atomic E-state index is -0.108. The first-order chi connectivity index (χ1) is 9.61. The second-order valence-electron chi connectivity index (χ2n) is 4.98. The van der Waals surface area contributed by atoms with E-state index in [1.165, 1.54) is 0 Å². The Kier molecular flexibility index (Phi) is 4.58. The molecule has 0 bridgehead atoms. The van der Waals surface area contributed by atoms with E-state index in [0.29, 0.717) is 24.6 Å². The van der Waals surface area contributed by atoms with Gasteiger partial charge in [0.05, 0.1) is 6.54 Å². The predicted molar refractivity (Wildman–Crippen MR) is 78.1 cm³/mol. The van der Waals surface area contributed by atoms with Crippen LogP contribution in [0.5, 0.6) is 0 Å². The molecule has 0 aliphatic rings. The molecular weight excluding hydrogens is 252 g/mol. The van der Waals surface area contributed by atoms with Crippen LogP contribution in [0, 0.1) is 0 Å². The molecule has 20 heavy (non-hydrogen) atoms. The van der Waals surface area contributed by atoms with E-state index < -0.39 is 0 Å². The van der Waals surface area contributed by atoms with Gasteiger partial charge in [-0.25, -0.2) is 0 Å². The van der Waals surface area contributed by atoms with E-state index in [2.05, 4.69) is 0 Å². The van der Waals surface area contributed by atoms with Gasteiger partial charge >= 0.3 is 0 Å². The van der Waals surface area contributed by atoms with Gasteiger partial charge in [0.1, 0.15) is 5.76 Å². The van der Waals surface area contributed by atoms with Gasteiger partial charge in [-0.1, -0.05) is 30.3 Å². The number of nitrogens with two attached hydrogens (primary N) is 1. The number of benzene rings is 1. The second kappa shape index (κ2) is 6.39. The van der Waals surface area contributed by atoms with E-state index in [9.17, 15) is 4.79 Å². The molecule has 106 valence electrons. The largest absolute Gasteiger partial charge is 0.455 e. The Balaban J connectivity index is 2.18. The first-order valence-electron chi connectivity index (χ1n) is 6.75. The van der Waals surface area contributed by atoms with Gasteiger partial charge in [0, 0.05) is 12.6 Å². The highest BCUT2D eigenvalue weighted by atomic mass is 16.4. The Morgan fingerprint density at radius 2 is 1.90 bits per heavy atom. The highest BCUT2D eigenvalue weighted by Crippen LogP contribution is 2.15. The molecule has 2 N–H and O–H groups in total. The number of carbonyl (C=O) groups excluding carboxylic acids is 1. The molecule has 0 saturated heterocycles. The van der Waals surface area contributed by atoms with Crippen LogP contribution in [0.2, 0.25) is 0 Å². The number of carbonyl (C=O) groups is 1. The van der Waals surface area contributed by atoms with Gasteiger partial charge in [0.15, 0.2) is 5.76 Å². The number of hydrogen-bond donors (Lipinski definition) is 1. The van der Waals surface area contributed by atoms with Gasteiger partial charge in [-0.3, -0.25) is 4.79 Å². The van der Waals surface area contributed by atoms with Crippen molar-refractivity contribution < 1.29 is 9.21 Å². The molecule has 4 nitrogen and oxygen atoms in total. The van der Waals surface area contributed by atoms with Gasteiger partial charge in [0.2, 0.25) is 0 Å². The molecule has 0 atom stereocenters. The summed E-state index contributed by atoms with van der Waals surface area (Å²) in [5, 5.41) is 0. The van der Waals surface area contributed by atoms with Crippen LogP contribution in [0.3, 0.4) is 0 Å². The SMILES string of the molecule is CC(C)N(Cc1ccccc1)C(=O)c1ccc(CN)o1. The Morgan fingerprint density at radius 3 is 2.45 bits per heavy atom. The van der Waals surface area contributed by atoms with Crippen LogP contribution in [0.25, 0.3) is 0 Å². The Bertz CT molecular complexity index is 561. The minimum Gasteiger partial charge on any atom is -0.455 e. The number of amides is 1. The second-order valence-corrected chi connectivity index (χ2v) is 4.98. The number of rotatable bonds is 5. The Labute approximate surface area is 119 Å². The lowest BCUT2D eigenvalue weighted by atomic mass is 10.2. The first-order valence-corrected chi connectivity index (χ1v) is 6.75. The van der Waals surface area contributed by atoms with Crippen LogP contribution in [0.15, 0.2) is 46.9 Å². The molecule has 1 aromatic heterocycles. The Morgan fingerprint density at radius 1 is 1.20 bits per heavy atom. The quantitative estimate of drug-likeness (QED) is 0.910. The Hall–Kier alpha value is -2.07. The van der Waals surface area contributed by atoms with E-state index >= 15 is 0 Å². The molecule has 0 radical (unpaired) electrons. The van der Waals surface area contributed by atoms with E-state index in [1.807, 2.05) is 44.2 Å². The average molecular weight is 272 g/mol. The van der Waals surface area contributed by atoms with Gasteiger partial charge < -0.3 is 15.1 Å². The molecule has 1 heterocycles. The maximum atomic E-state index is 12.5. The summed E-state index contributed by atoms with van der Waals surface area (Å²) >= 11 is 0. The van der Waals surface area contributed by atoms with Crippen molar-refractivity contribution in [2.75, 3.05) is 0 Å². The molecule has 0 saturated carbocycles. The zero-order valence-corrected chi connectivity index (χ0v) is 11.9. The van der Waals surface area contributed by atoms with Gasteiger partial charge in [0.25, 0.3) is 5.91 Å². The fourth-order valence-electron chi connectivity index (χ4n) is 2.01. The van der Waals surface area contributed by atoms with Gasteiger partial charge in [-0.05, 0) is 31.5 Å². The summed E-state index contributed by atoms with van der Waals surface area (Å²) in [5.41, 5.74) is 6.60. The average Bonchev–Trinajstić information content (AvgIpc) is 2.94. The van der Waals surface area contributed by atoms with Crippen molar-refractivity contribution in [2.45, 2.75) is 33.0 Å². The molecule has 1 aromatic carbocycles. The molecule has 0 fully saturated rings. The van der Waals surface area contributed by atoms with Crippen molar-refractivity contribution in [1.29, 1.82) is 0 Å². The summed E-state index contributed by atoms with van der Waals surface area (Å²) in [6, 6.07) is 13.4. The fourth-order valence-corrected chi connectivity index (χ4v) is 2.01. The minimum absolute atomic E-state index is 0.0918. The molecule has 0 aliphatic carbocycles. The smallest absolute Gasteiger partial charge is 0.290 e. The standard InChI is InChI=1S/C16H20N2O2/c1-12(2)18(11-13-6-4-3-5-7-13)16(19)15-9-8-14(10-17)20-15/h3-9,12H,10-11,17H2,1-2H3. The van der Waals surface area contributed by atoms with E-state index in [-0.39, 0.29) is 11.9 Å². The normalized spacial score (nSPS) is 10.8. The van der Waals surface area contributed by atoms with Crippen molar-refractivity contribution in [3.63, 3.8) is 0 Å². The van der Waals surface area contributed by atoms with Gasteiger partial charge in [-0.15, -0.1) is 0 Å². The maximum absolute atomic E-state index is 12.5. The topological polar surface area (TPSA) is 59.5 Å². The van der Waals surface area contributed by atoms with Gasteiger partial charge in [-0.2, -0.15) is 0 Å². The van der Waals surface area contributed by atoms with Crippen LogP contribution in [-0.2, 0) is 13.1 Å². The summed E-state index contributed by atoms with van der Waals surface area (Å²) in [7, 11) is 0. The maximum Gasteiger partial charge on any atom is 0.290 e. The number of nitrogens with zero attached hydrogens (tertiary/aromatic N) is 1. The molecule has 0 aliphatic heterocycles. The zero-order chi connectivity index (χ0) is 14.5. The van der Waals surface area contributed by atoms with E-state index in [1.54, 1.807) is 17.0 Å². The third-order valence-electron chi connectivity index (χ3n) is 3.15. The predicted octanol–water partition coefficient (Wildman–Crippen LogP) is 2.79. The summed E-state index contributed by atoms with van der Waals surface area (Å²) in [6.45, 7) is 4.85. The molecule has 0 spiro atoms. The summed E-state index contributed by atoms with van der Waals surface area (Å²) in [6.07, 6.45) is 0. The number of hydrogen-bond acceptors (Lipinski definition) is 3. The van der Waals surface area contributed by atoms with Crippen molar-refractivity contribution >= 4 is 5.91 Å². The number of furan rings is 1.